The van der Waals surface area contributed by atoms with E-state index in [4.69, 9.17) is 0 Å². The number of benzene rings is 1. The number of aldehydes is 1. The standard InChI is InChI=1S/C15H18N2OS/c18-9-10-2-3-11-12-8-16-5-4-13(12)17-6-1-7-19-15(10)14(11)17/h2-3,9,12-13,16H,1,4-8H2/t12-,13-/m0/s1. The van der Waals surface area contributed by atoms with Crippen LogP contribution in [0.3, 0.4) is 0 Å². The summed E-state index contributed by atoms with van der Waals surface area (Å²) < 4.78 is 0. The van der Waals surface area contributed by atoms with E-state index >= 15 is 0 Å². The Morgan fingerprint density at radius 1 is 1.42 bits per heavy atom. The fourth-order valence-corrected chi connectivity index (χ4v) is 4.96. The molecule has 2 atom stereocenters. The summed E-state index contributed by atoms with van der Waals surface area (Å²) >= 11 is 1.87. The maximum Gasteiger partial charge on any atom is 0.151 e. The molecular formula is C15H18N2OS. The summed E-state index contributed by atoms with van der Waals surface area (Å²) in [7, 11) is 0. The summed E-state index contributed by atoms with van der Waals surface area (Å²) in [4.78, 5) is 15.1. The van der Waals surface area contributed by atoms with Crippen molar-refractivity contribution in [3.63, 3.8) is 0 Å². The summed E-state index contributed by atoms with van der Waals surface area (Å²) in [6, 6.07) is 4.86. The molecule has 0 spiro atoms. The van der Waals surface area contributed by atoms with Gasteiger partial charge in [0, 0.05) is 35.5 Å². The number of nitrogens with zero attached hydrogens (tertiary/aromatic N) is 1. The number of hydrogen-bond acceptors (Lipinski definition) is 4. The highest BCUT2D eigenvalue weighted by molar-refractivity contribution is 7.99. The molecule has 1 fully saturated rings. The van der Waals surface area contributed by atoms with Gasteiger partial charge < -0.3 is 10.2 Å². The molecule has 0 amide bonds. The van der Waals surface area contributed by atoms with E-state index in [9.17, 15) is 4.79 Å². The largest absolute Gasteiger partial charge is 0.367 e. The molecule has 19 heavy (non-hydrogen) atoms. The highest BCUT2D eigenvalue weighted by Crippen LogP contribution is 2.50. The van der Waals surface area contributed by atoms with Gasteiger partial charge in [-0.3, -0.25) is 4.79 Å². The van der Waals surface area contributed by atoms with Crippen LogP contribution in [0, 0.1) is 0 Å². The van der Waals surface area contributed by atoms with Gasteiger partial charge in [-0.05, 0) is 30.7 Å². The van der Waals surface area contributed by atoms with E-state index in [2.05, 4.69) is 16.3 Å². The Kier molecular flexibility index (Phi) is 2.81. The molecule has 0 aromatic heterocycles. The number of hydrogen-bond donors (Lipinski definition) is 1. The van der Waals surface area contributed by atoms with E-state index in [0.717, 1.165) is 37.2 Å². The fourth-order valence-electron chi connectivity index (χ4n) is 3.83. The number of nitrogens with one attached hydrogen (secondary N) is 1. The Balaban J connectivity index is 1.91. The van der Waals surface area contributed by atoms with Crippen molar-refractivity contribution in [2.75, 3.05) is 30.3 Å². The Morgan fingerprint density at radius 2 is 2.37 bits per heavy atom. The van der Waals surface area contributed by atoms with Gasteiger partial charge >= 0.3 is 0 Å². The van der Waals surface area contributed by atoms with Crippen LogP contribution in [0.2, 0.25) is 0 Å². The lowest BCUT2D eigenvalue weighted by Gasteiger charge is -2.33. The van der Waals surface area contributed by atoms with Crippen LogP contribution in [0.5, 0.6) is 0 Å². The van der Waals surface area contributed by atoms with Crippen molar-refractivity contribution in [1.29, 1.82) is 0 Å². The lowest BCUT2D eigenvalue weighted by Crippen LogP contribution is -2.44. The molecule has 100 valence electrons. The van der Waals surface area contributed by atoms with E-state index in [0.29, 0.717) is 12.0 Å². The van der Waals surface area contributed by atoms with Crippen molar-refractivity contribution in [1.82, 2.24) is 5.32 Å². The number of fused-ring (bicyclic) bond motifs is 3. The van der Waals surface area contributed by atoms with Crippen molar-refractivity contribution >= 4 is 23.7 Å². The van der Waals surface area contributed by atoms with Gasteiger partial charge in [-0.25, -0.2) is 0 Å². The van der Waals surface area contributed by atoms with Gasteiger partial charge in [-0.15, -0.1) is 11.8 Å². The second-order valence-electron chi connectivity index (χ2n) is 5.60. The molecule has 0 radical (unpaired) electrons. The van der Waals surface area contributed by atoms with Gasteiger partial charge in [-0.1, -0.05) is 12.1 Å². The van der Waals surface area contributed by atoms with E-state index in [-0.39, 0.29) is 0 Å². The van der Waals surface area contributed by atoms with Crippen molar-refractivity contribution in [2.45, 2.75) is 29.7 Å². The Bertz CT molecular complexity index is 531. The van der Waals surface area contributed by atoms with E-state index in [1.807, 2.05) is 17.8 Å². The SMILES string of the molecule is O=Cc1ccc2c3c1SCCCN3[C@H]1CCNC[C@@H]21. The zero-order chi connectivity index (χ0) is 12.8. The molecule has 0 saturated carbocycles. The van der Waals surface area contributed by atoms with E-state index in [1.54, 1.807) is 0 Å². The summed E-state index contributed by atoms with van der Waals surface area (Å²) in [5.41, 5.74) is 3.72. The summed E-state index contributed by atoms with van der Waals surface area (Å²) in [6.07, 6.45) is 3.46. The molecule has 0 bridgehead atoms. The maximum absolute atomic E-state index is 11.3. The van der Waals surface area contributed by atoms with Crippen LogP contribution in [0.15, 0.2) is 17.0 Å². The van der Waals surface area contributed by atoms with Crippen molar-refractivity contribution < 1.29 is 4.79 Å². The molecule has 3 aliphatic rings. The van der Waals surface area contributed by atoms with E-state index < -0.39 is 0 Å². The first-order chi connectivity index (χ1) is 9.40. The number of piperidine rings is 1. The molecule has 3 aliphatic heterocycles. The minimum atomic E-state index is 0.613. The molecule has 1 N–H and O–H groups in total. The third-order valence-electron chi connectivity index (χ3n) is 4.64. The first kappa shape index (κ1) is 11.8. The second-order valence-corrected chi connectivity index (χ2v) is 6.71. The van der Waals surface area contributed by atoms with Gasteiger partial charge in [0.1, 0.15) is 0 Å². The molecular weight excluding hydrogens is 256 g/mol. The lowest BCUT2D eigenvalue weighted by molar-refractivity contribution is 0.112. The highest BCUT2D eigenvalue weighted by Gasteiger charge is 2.41. The molecule has 3 nitrogen and oxygen atoms in total. The third kappa shape index (κ3) is 1.66. The van der Waals surface area contributed by atoms with E-state index in [1.165, 1.54) is 29.0 Å². The molecule has 1 aromatic rings. The van der Waals surface area contributed by atoms with Crippen molar-refractivity contribution in [3.05, 3.63) is 23.3 Å². The topological polar surface area (TPSA) is 32.3 Å². The van der Waals surface area contributed by atoms with Gasteiger partial charge in [0.25, 0.3) is 0 Å². The first-order valence-electron chi connectivity index (χ1n) is 7.12. The van der Waals surface area contributed by atoms with Gasteiger partial charge in [0.05, 0.1) is 5.69 Å². The molecule has 4 rings (SSSR count). The Labute approximate surface area is 117 Å². The van der Waals surface area contributed by atoms with Crippen LogP contribution >= 0.6 is 11.8 Å². The van der Waals surface area contributed by atoms with Crippen LogP contribution in [-0.2, 0) is 0 Å². The first-order valence-corrected chi connectivity index (χ1v) is 8.11. The molecule has 3 heterocycles. The van der Waals surface area contributed by atoms with Crippen LogP contribution in [0.1, 0.15) is 34.7 Å². The van der Waals surface area contributed by atoms with Gasteiger partial charge in [-0.2, -0.15) is 0 Å². The third-order valence-corrected chi connectivity index (χ3v) is 5.85. The minimum absolute atomic E-state index is 0.613. The number of anilines is 1. The maximum atomic E-state index is 11.3. The molecule has 0 aliphatic carbocycles. The Hall–Kier alpha value is -1.00. The predicted molar refractivity (Wildman–Crippen MR) is 78.5 cm³/mol. The average Bonchev–Trinajstić information content (AvgIpc) is 2.62. The zero-order valence-electron chi connectivity index (χ0n) is 10.9. The van der Waals surface area contributed by atoms with Crippen LogP contribution in [-0.4, -0.2) is 37.7 Å². The monoisotopic (exact) mass is 274 g/mol. The van der Waals surface area contributed by atoms with Crippen molar-refractivity contribution in [3.8, 4) is 0 Å². The summed E-state index contributed by atoms with van der Waals surface area (Å²) in [6.45, 7) is 3.35. The number of carbonyl (C=O) groups is 1. The number of carbonyl (C=O) groups excluding carboxylic acids is 1. The number of thioether (sulfide) groups is 1. The van der Waals surface area contributed by atoms with Crippen LogP contribution < -0.4 is 10.2 Å². The lowest BCUT2D eigenvalue weighted by atomic mass is 9.90. The van der Waals surface area contributed by atoms with Gasteiger partial charge in [0.15, 0.2) is 6.29 Å². The highest BCUT2D eigenvalue weighted by atomic mass is 32.2. The van der Waals surface area contributed by atoms with Crippen molar-refractivity contribution in [2.24, 2.45) is 0 Å². The minimum Gasteiger partial charge on any atom is -0.367 e. The molecule has 1 saturated heterocycles. The average molecular weight is 274 g/mol. The normalized spacial score (nSPS) is 28.5. The Morgan fingerprint density at radius 3 is 3.26 bits per heavy atom. The van der Waals surface area contributed by atoms with Crippen LogP contribution in [0.25, 0.3) is 0 Å². The van der Waals surface area contributed by atoms with Crippen LogP contribution in [0.4, 0.5) is 5.69 Å². The fraction of sp³-hybridized carbons (Fsp3) is 0.533. The smallest absolute Gasteiger partial charge is 0.151 e. The molecule has 0 unspecified atom stereocenters. The van der Waals surface area contributed by atoms with Gasteiger partial charge in [0.2, 0.25) is 0 Å². The number of rotatable bonds is 1. The summed E-state index contributed by atoms with van der Waals surface area (Å²) in [5.74, 6) is 1.74. The zero-order valence-corrected chi connectivity index (χ0v) is 11.7. The second kappa shape index (κ2) is 4.53. The predicted octanol–water partition coefficient (Wildman–Crippen LogP) is 2.26. The molecule has 1 aromatic carbocycles. The molecule has 4 heteroatoms. The summed E-state index contributed by atoms with van der Waals surface area (Å²) in [5, 5.41) is 3.52. The quantitative estimate of drug-likeness (QED) is 0.796.